The molecule has 0 aliphatic carbocycles. The van der Waals surface area contributed by atoms with Crippen LogP contribution in [0.25, 0.3) is 11.4 Å². The average Bonchev–Trinajstić information content (AvgIpc) is 2.42. The van der Waals surface area contributed by atoms with Crippen molar-refractivity contribution in [3.8, 4) is 11.4 Å². The lowest BCUT2D eigenvalue weighted by Gasteiger charge is -2.11. The summed E-state index contributed by atoms with van der Waals surface area (Å²) in [4.78, 5) is 8.99. The van der Waals surface area contributed by atoms with E-state index in [9.17, 15) is 0 Å². The molecule has 0 atom stereocenters. The Kier molecular flexibility index (Phi) is 4.66. The number of rotatable bonds is 3. The van der Waals surface area contributed by atoms with E-state index in [1.807, 2.05) is 14.0 Å². The first-order valence-electron chi connectivity index (χ1n) is 5.76. The van der Waals surface area contributed by atoms with Crippen molar-refractivity contribution < 1.29 is 0 Å². The molecule has 19 heavy (non-hydrogen) atoms. The lowest BCUT2D eigenvalue weighted by atomic mass is 10.2. The molecular weight excluding hydrogens is 349 g/mol. The van der Waals surface area contributed by atoms with E-state index in [4.69, 9.17) is 23.2 Å². The summed E-state index contributed by atoms with van der Waals surface area (Å²) in [6, 6.07) is 5.26. The summed E-state index contributed by atoms with van der Waals surface area (Å²) >= 11 is 15.7. The molecule has 1 aromatic heterocycles. The molecule has 0 aliphatic heterocycles. The van der Waals surface area contributed by atoms with E-state index in [-0.39, 0.29) is 0 Å². The van der Waals surface area contributed by atoms with E-state index in [1.165, 1.54) is 0 Å². The first-order chi connectivity index (χ1) is 9.06. The first kappa shape index (κ1) is 14.6. The molecule has 2 aromatic rings. The smallest absolute Gasteiger partial charge is 0.163 e. The van der Waals surface area contributed by atoms with Gasteiger partial charge in [-0.15, -0.1) is 0 Å². The zero-order chi connectivity index (χ0) is 14.0. The molecule has 0 radical (unpaired) electrons. The third kappa shape index (κ3) is 3.02. The van der Waals surface area contributed by atoms with Gasteiger partial charge in [-0.3, -0.25) is 0 Å². The molecule has 0 fully saturated rings. The minimum atomic E-state index is 0.567. The van der Waals surface area contributed by atoms with Gasteiger partial charge in [-0.2, -0.15) is 0 Å². The predicted octanol–water partition coefficient (Wildman–Crippen LogP) is 4.82. The van der Waals surface area contributed by atoms with Crippen LogP contribution in [0.2, 0.25) is 10.0 Å². The Morgan fingerprint density at radius 1 is 1.26 bits per heavy atom. The van der Waals surface area contributed by atoms with Crippen LogP contribution in [0.15, 0.2) is 22.7 Å². The molecule has 3 nitrogen and oxygen atoms in total. The van der Waals surface area contributed by atoms with Crippen LogP contribution in [-0.4, -0.2) is 17.0 Å². The van der Waals surface area contributed by atoms with Crippen LogP contribution in [0.3, 0.4) is 0 Å². The Morgan fingerprint density at radius 2 is 2.00 bits per heavy atom. The van der Waals surface area contributed by atoms with Crippen LogP contribution < -0.4 is 5.32 Å². The second kappa shape index (κ2) is 6.07. The molecule has 6 heteroatoms. The summed E-state index contributed by atoms with van der Waals surface area (Å²) in [5, 5.41) is 4.23. The van der Waals surface area contributed by atoms with Gasteiger partial charge < -0.3 is 5.32 Å². The van der Waals surface area contributed by atoms with Gasteiger partial charge in [-0.05, 0) is 40.5 Å². The highest BCUT2D eigenvalue weighted by Crippen LogP contribution is 2.32. The number of halogens is 3. The van der Waals surface area contributed by atoms with Crippen LogP contribution in [0.5, 0.6) is 0 Å². The summed E-state index contributed by atoms with van der Waals surface area (Å²) in [6.07, 6.45) is 0.795. The van der Waals surface area contributed by atoms with Crippen molar-refractivity contribution in [2.45, 2.75) is 13.3 Å². The molecule has 100 valence electrons. The molecule has 0 aliphatic rings. The van der Waals surface area contributed by atoms with Crippen molar-refractivity contribution in [1.29, 1.82) is 0 Å². The monoisotopic (exact) mass is 359 g/mol. The average molecular weight is 361 g/mol. The van der Waals surface area contributed by atoms with E-state index in [1.54, 1.807) is 18.2 Å². The zero-order valence-electron chi connectivity index (χ0n) is 10.5. The highest BCUT2D eigenvalue weighted by atomic mass is 79.9. The van der Waals surface area contributed by atoms with Gasteiger partial charge in [0.1, 0.15) is 5.82 Å². The molecule has 0 unspecified atom stereocenters. The van der Waals surface area contributed by atoms with Crippen LogP contribution in [0, 0.1) is 0 Å². The number of benzene rings is 1. The molecule has 0 spiro atoms. The highest BCUT2D eigenvalue weighted by Gasteiger charge is 2.14. The van der Waals surface area contributed by atoms with E-state index in [0.29, 0.717) is 15.9 Å². The Hall–Kier alpha value is -0.840. The summed E-state index contributed by atoms with van der Waals surface area (Å²) in [7, 11) is 1.82. The fraction of sp³-hybridized carbons (Fsp3) is 0.231. The number of hydrogen-bond donors (Lipinski definition) is 1. The van der Waals surface area contributed by atoms with E-state index >= 15 is 0 Å². The standard InChI is InChI=1S/C13H12BrCl2N3/c1-3-10-11(14)13(17-2)19-12(18-10)8-6-7(15)4-5-9(8)16/h4-6H,3H2,1-2H3,(H,17,18,19). The summed E-state index contributed by atoms with van der Waals surface area (Å²) in [5.41, 5.74) is 1.65. The van der Waals surface area contributed by atoms with Crippen molar-refractivity contribution in [2.24, 2.45) is 0 Å². The number of nitrogens with one attached hydrogen (secondary N) is 1. The fourth-order valence-corrected chi connectivity index (χ4v) is 2.71. The molecule has 0 saturated heterocycles. The molecule has 0 saturated carbocycles. The van der Waals surface area contributed by atoms with Crippen LogP contribution in [0.1, 0.15) is 12.6 Å². The third-order valence-corrected chi connectivity index (χ3v) is 4.06. The van der Waals surface area contributed by atoms with E-state index in [0.717, 1.165) is 28.0 Å². The normalized spacial score (nSPS) is 10.6. The van der Waals surface area contributed by atoms with E-state index in [2.05, 4.69) is 31.2 Å². The second-order valence-electron chi connectivity index (χ2n) is 3.88. The maximum Gasteiger partial charge on any atom is 0.163 e. The van der Waals surface area contributed by atoms with Crippen LogP contribution in [0.4, 0.5) is 5.82 Å². The van der Waals surface area contributed by atoms with Crippen molar-refractivity contribution in [3.05, 3.63) is 38.4 Å². The van der Waals surface area contributed by atoms with Gasteiger partial charge in [0, 0.05) is 17.6 Å². The predicted molar refractivity (Wildman–Crippen MR) is 84.1 cm³/mol. The molecular formula is C13H12BrCl2N3. The SMILES string of the molecule is CCc1nc(-c2cc(Cl)ccc2Cl)nc(NC)c1Br. The Bertz CT molecular complexity index is 592. The van der Waals surface area contributed by atoms with Gasteiger partial charge in [-0.25, -0.2) is 9.97 Å². The van der Waals surface area contributed by atoms with Crippen molar-refractivity contribution in [1.82, 2.24) is 9.97 Å². The summed E-state index contributed by atoms with van der Waals surface area (Å²) in [6.45, 7) is 2.04. The molecule has 1 N–H and O–H groups in total. The van der Waals surface area contributed by atoms with Crippen LogP contribution >= 0.6 is 39.1 Å². The van der Waals surface area contributed by atoms with Crippen molar-refractivity contribution >= 4 is 44.9 Å². The minimum absolute atomic E-state index is 0.567. The number of aryl methyl sites for hydroxylation is 1. The maximum absolute atomic E-state index is 6.19. The summed E-state index contributed by atoms with van der Waals surface area (Å²) < 4.78 is 0.874. The highest BCUT2D eigenvalue weighted by molar-refractivity contribution is 9.10. The van der Waals surface area contributed by atoms with Gasteiger partial charge in [0.2, 0.25) is 0 Å². The van der Waals surface area contributed by atoms with E-state index < -0.39 is 0 Å². The van der Waals surface area contributed by atoms with Crippen LogP contribution in [-0.2, 0) is 6.42 Å². The maximum atomic E-state index is 6.19. The number of hydrogen-bond acceptors (Lipinski definition) is 3. The first-order valence-corrected chi connectivity index (χ1v) is 7.31. The molecule has 0 bridgehead atoms. The lowest BCUT2D eigenvalue weighted by molar-refractivity contribution is 0.991. The fourth-order valence-electron chi connectivity index (χ4n) is 1.68. The zero-order valence-corrected chi connectivity index (χ0v) is 13.6. The number of aromatic nitrogens is 2. The Labute approximate surface area is 130 Å². The van der Waals surface area contributed by atoms with Gasteiger partial charge >= 0.3 is 0 Å². The molecule has 1 heterocycles. The molecule has 0 amide bonds. The van der Waals surface area contributed by atoms with Gasteiger partial charge in [-0.1, -0.05) is 30.1 Å². The molecule has 1 aromatic carbocycles. The summed E-state index contributed by atoms with van der Waals surface area (Å²) in [5.74, 6) is 1.30. The second-order valence-corrected chi connectivity index (χ2v) is 5.52. The Morgan fingerprint density at radius 3 is 2.63 bits per heavy atom. The van der Waals surface area contributed by atoms with Crippen molar-refractivity contribution in [2.75, 3.05) is 12.4 Å². The number of anilines is 1. The van der Waals surface area contributed by atoms with Gasteiger partial charge in [0.25, 0.3) is 0 Å². The largest absolute Gasteiger partial charge is 0.372 e. The number of nitrogens with zero attached hydrogens (tertiary/aromatic N) is 2. The minimum Gasteiger partial charge on any atom is -0.372 e. The lowest BCUT2D eigenvalue weighted by Crippen LogP contribution is -2.03. The Balaban J connectivity index is 2.65. The molecule has 2 rings (SSSR count). The van der Waals surface area contributed by atoms with Gasteiger partial charge in [0.05, 0.1) is 15.2 Å². The third-order valence-electron chi connectivity index (χ3n) is 2.66. The van der Waals surface area contributed by atoms with Crippen molar-refractivity contribution in [3.63, 3.8) is 0 Å². The topological polar surface area (TPSA) is 37.8 Å². The van der Waals surface area contributed by atoms with Gasteiger partial charge in [0.15, 0.2) is 5.82 Å². The quantitative estimate of drug-likeness (QED) is 0.852.